The van der Waals surface area contributed by atoms with Gasteiger partial charge in [-0.15, -0.1) is 0 Å². The van der Waals surface area contributed by atoms with Gasteiger partial charge >= 0.3 is 11.9 Å². The van der Waals surface area contributed by atoms with E-state index in [0.29, 0.717) is 16.6 Å². The number of aliphatic carboxylic acids is 1. The quantitative estimate of drug-likeness (QED) is 0.618. The summed E-state index contributed by atoms with van der Waals surface area (Å²) in [7, 11) is 0. The van der Waals surface area contributed by atoms with Gasteiger partial charge in [-0.1, -0.05) is 30.3 Å². The van der Waals surface area contributed by atoms with Gasteiger partial charge in [0.25, 0.3) is 5.91 Å². The van der Waals surface area contributed by atoms with Gasteiger partial charge in [-0.05, 0) is 29.8 Å². The Kier molecular flexibility index (Phi) is 5.12. The van der Waals surface area contributed by atoms with Crippen LogP contribution in [0.3, 0.4) is 0 Å². The highest BCUT2D eigenvalue weighted by Gasteiger charge is 2.22. The topological polar surface area (TPSA) is 117 Å². The molecule has 0 spiro atoms. The van der Waals surface area contributed by atoms with E-state index < -0.39 is 23.9 Å². The number of carbonyl (C=O) groups is 3. The fourth-order valence-electron chi connectivity index (χ4n) is 2.74. The van der Waals surface area contributed by atoms with E-state index in [1.165, 1.54) is 24.3 Å². The maximum atomic E-state index is 12.6. The number of carboxylic acid groups (broad SMARTS) is 2. The number of benzene rings is 2. The third-order valence-electron chi connectivity index (χ3n) is 4.12. The summed E-state index contributed by atoms with van der Waals surface area (Å²) < 4.78 is 0. The van der Waals surface area contributed by atoms with Crippen LogP contribution in [-0.4, -0.2) is 39.1 Å². The Morgan fingerprint density at radius 3 is 2.33 bits per heavy atom. The second kappa shape index (κ2) is 7.65. The first kappa shape index (κ1) is 18.1. The number of nitrogens with one attached hydrogen (secondary N) is 1. The molecule has 27 heavy (non-hydrogen) atoms. The number of hydrogen-bond donors (Lipinski definition) is 3. The van der Waals surface area contributed by atoms with Gasteiger partial charge in [0.15, 0.2) is 0 Å². The lowest BCUT2D eigenvalue weighted by atomic mass is 10.0. The number of hydrogen-bond acceptors (Lipinski definition) is 4. The molecule has 1 amide bonds. The lowest BCUT2D eigenvalue weighted by Crippen LogP contribution is -2.42. The van der Waals surface area contributed by atoms with Crippen LogP contribution >= 0.6 is 0 Å². The van der Waals surface area contributed by atoms with Gasteiger partial charge in [-0.3, -0.25) is 9.78 Å². The molecule has 0 fully saturated rings. The Morgan fingerprint density at radius 1 is 0.963 bits per heavy atom. The van der Waals surface area contributed by atoms with E-state index in [4.69, 9.17) is 5.11 Å². The first-order valence-electron chi connectivity index (χ1n) is 8.15. The average Bonchev–Trinajstić information content (AvgIpc) is 2.67. The predicted octanol–water partition coefficient (Wildman–Crippen LogP) is 2.36. The van der Waals surface area contributed by atoms with Crippen molar-refractivity contribution in [2.24, 2.45) is 0 Å². The summed E-state index contributed by atoms with van der Waals surface area (Å²) in [4.78, 5) is 39.3. The molecule has 1 heterocycles. The Morgan fingerprint density at radius 2 is 1.67 bits per heavy atom. The molecule has 0 aliphatic heterocycles. The Bertz CT molecular complexity index is 1010. The van der Waals surface area contributed by atoms with E-state index in [0.717, 1.165) is 5.39 Å². The average molecular weight is 364 g/mol. The number of pyridine rings is 1. The molecule has 0 aliphatic carbocycles. The number of aromatic nitrogens is 1. The first-order chi connectivity index (χ1) is 13.0. The minimum Gasteiger partial charge on any atom is -0.480 e. The third-order valence-corrected chi connectivity index (χ3v) is 4.12. The third kappa shape index (κ3) is 4.09. The number of rotatable bonds is 6. The van der Waals surface area contributed by atoms with Gasteiger partial charge in [-0.25, -0.2) is 9.59 Å². The molecule has 2 aromatic carbocycles. The maximum absolute atomic E-state index is 12.6. The highest BCUT2D eigenvalue weighted by Crippen LogP contribution is 2.16. The van der Waals surface area contributed by atoms with Crippen LogP contribution in [0.15, 0.2) is 60.8 Å². The Balaban J connectivity index is 1.80. The molecule has 0 aliphatic rings. The summed E-state index contributed by atoms with van der Waals surface area (Å²) in [5.74, 6) is -2.78. The van der Waals surface area contributed by atoms with Crippen LogP contribution in [0.2, 0.25) is 0 Å². The molecule has 3 N–H and O–H groups in total. The number of amides is 1. The molecule has 1 aromatic heterocycles. The van der Waals surface area contributed by atoms with E-state index in [-0.39, 0.29) is 12.0 Å². The van der Waals surface area contributed by atoms with E-state index in [1.54, 1.807) is 24.4 Å². The summed E-state index contributed by atoms with van der Waals surface area (Å²) in [5.41, 5.74) is 1.49. The minimum atomic E-state index is -1.18. The normalized spacial score (nSPS) is 11.7. The molecule has 7 nitrogen and oxygen atoms in total. The summed E-state index contributed by atoms with van der Waals surface area (Å²) >= 11 is 0. The number of carbonyl (C=O) groups excluding carboxylic acids is 1. The van der Waals surface area contributed by atoms with Crippen LogP contribution in [0.25, 0.3) is 10.9 Å². The van der Waals surface area contributed by atoms with Crippen LogP contribution in [0.1, 0.15) is 26.3 Å². The van der Waals surface area contributed by atoms with Gasteiger partial charge in [0, 0.05) is 18.0 Å². The Labute approximate surface area is 154 Å². The van der Waals surface area contributed by atoms with Crippen LogP contribution in [0.4, 0.5) is 0 Å². The van der Waals surface area contributed by atoms with Crippen LogP contribution in [0.5, 0.6) is 0 Å². The van der Waals surface area contributed by atoms with E-state index >= 15 is 0 Å². The SMILES string of the molecule is O=C(O)c1ccc(C[C@H](NC(=O)c2cccc3cccnc23)C(=O)O)cc1. The van der Waals surface area contributed by atoms with Crippen molar-refractivity contribution in [1.29, 1.82) is 0 Å². The van der Waals surface area contributed by atoms with Crippen molar-refractivity contribution in [3.05, 3.63) is 77.5 Å². The van der Waals surface area contributed by atoms with Crippen LogP contribution in [0, 0.1) is 0 Å². The summed E-state index contributed by atoms with van der Waals surface area (Å²) in [5, 5.41) is 21.7. The maximum Gasteiger partial charge on any atom is 0.335 e. The molecule has 136 valence electrons. The monoisotopic (exact) mass is 364 g/mol. The number of fused-ring (bicyclic) bond motifs is 1. The van der Waals surface area contributed by atoms with Crippen molar-refractivity contribution >= 4 is 28.7 Å². The molecule has 0 saturated heterocycles. The zero-order valence-electron chi connectivity index (χ0n) is 14.1. The van der Waals surface area contributed by atoms with Crippen LogP contribution in [-0.2, 0) is 11.2 Å². The van der Waals surface area contributed by atoms with E-state index in [9.17, 15) is 19.5 Å². The molecule has 0 saturated carbocycles. The number of para-hydroxylation sites is 1. The van der Waals surface area contributed by atoms with Crippen molar-refractivity contribution in [3.8, 4) is 0 Å². The van der Waals surface area contributed by atoms with E-state index in [2.05, 4.69) is 10.3 Å². The minimum absolute atomic E-state index is 0.0270. The number of nitrogens with zero attached hydrogens (tertiary/aromatic N) is 1. The summed E-state index contributed by atoms with van der Waals surface area (Å²) in [6.07, 6.45) is 1.59. The lowest BCUT2D eigenvalue weighted by molar-refractivity contribution is -0.139. The van der Waals surface area contributed by atoms with Crippen molar-refractivity contribution in [1.82, 2.24) is 10.3 Å². The zero-order chi connectivity index (χ0) is 19.4. The fraction of sp³-hybridized carbons (Fsp3) is 0.100. The predicted molar refractivity (Wildman–Crippen MR) is 97.7 cm³/mol. The van der Waals surface area contributed by atoms with Crippen molar-refractivity contribution in [2.75, 3.05) is 0 Å². The molecule has 0 unspecified atom stereocenters. The lowest BCUT2D eigenvalue weighted by Gasteiger charge is -2.15. The number of carboxylic acids is 2. The molecule has 1 atom stereocenters. The van der Waals surface area contributed by atoms with Gasteiger partial charge in [-0.2, -0.15) is 0 Å². The van der Waals surface area contributed by atoms with Gasteiger partial charge in [0.2, 0.25) is 0 Å². The molecule has 0 radical (unpaired) electrons. The standard InChI is InChI=1S/C20H16N2O5/c23-18(15-5-1-3-13-4-2-10-21-17(13)15)22-16(20(26)27)11-12-6-8-14(9-7-12)19(24)25/h1-10,16H,11H2,(H,22,23)(H,24,25)(H,26,27)/t16-/m0/s1. The number of aromatic carboxylic acids is 1. The smallest absolute Gasteiger partial charge is 0.335 e. The molecule has 0 bridgehead atoms. The fourth-order valence-corrected chi connectivity index (χ4v) is 2.74. The van der Waals surface area contributed by atoms with Gasteiger partial charge < -0.3 is 15.5 Å². The highest BCUT2D eigenvalue weighted by molar-refractivity contribution is 6.06. The van der Waals surface area contributed by atoms with Gasteiger partial charge in [0.05, 0.1) is 16.6 Å². The molecular weight excluding hydrogens is 348 g/mol. The highest BCUT2D eigenvalue weighted by atomic mass is 16.4. The van der Waals surface area contributed by atoms with Crippen LogP contribution < -0.4 is 5.32 Å². The van der Waals surface area contributed by atoms with Crippen molar-refractivity contribution in [2.45, 2.75) is 12.5 Å². The second-order valence-corrected chi connectivity index (χ2v) is 5.95. The largest absolute Gasteiger partial charge is 0.480 e. The zero-order valence-corrected chi connectivity index (χ0v) is 14.1. The Hall–Kier alpha value is -3.74. The summed E-state index contributed by atoms with van der Waals surface area (Å²) in [6.45, 7) is 0. The molecule has 7 heteroatoms. The molecule has 3 aromatic rings. The van der Waals surface area contributed by atoms with E-state index in [1.807, 2.05) is 12.1 Å². The van der Waals surface area contributed by atoms with Crippen molar-refractivity contribution in [3.63, 3.8) is 0 Å². The summed E-state index contributed by atoms with van der Waals surface area (Å²) in [6, 6.07) is 13.4. The first-order valence-corrected chi connectivity index (χ1v) is 8.15. The van der Waals surface area contributed by atoms with Crippen molar-refractivity contribution < 1.29 is 24.6 Å². The molecular formula is C20H16N2O5. The van der Waals surface area contributed by atoms with Gasteiger partial charge in [0.1, 0.15) is 6.04 Å². The molecule has 3 rings (SSSR count). The second-order valence-electron chi connectivity index (χ2n) is 5.95.